The minimum absolute atomic E-state index is 0.395. The van der Waals surface area contributed by atoms with Crippen molar-refractivity contribution in [3.8, 4) is 0 Å². The summed E-state index contributed by atoms with van der Waals surface area (Å²) < 4.78 is 7.68. The molecule has 1 saturated heterocycles. The Kier molecular flexibility index (Phi) is 3.16. The van der Waals surface area contributed by atoms with Crippen LogP contribution in [-0.2, 0) is 17.8 Å². The van der Waals surface area contributed by atoms with E-state index in [-0.39, 0.29) is 0 Å². The zero-order valence-corrected chi connectivity index (χ0v) is 8.57. The SMILES string of the molecule is CNCc1cn(CC2CCCO2)cn1. The molecule has 4 heteroatoms. The number of aromatic nitrogens is 2. The summed E-state index contributed by atoms with van der Waals surface area (Å²) >= 11 is 0. The van der Waals surface area contributed by atoms with Gasteiger partial charge in [-0.1, -0.05) is 0 Å². The van der Waals surface area contributed by atoms with Gasteiger partial charge in [0.1, 0.15) is 0 Å². The van der Waals surface area contributed by atoms with Gasteiger partial charge in [0.15, 0.2) is 0 Å². The fourth-order valence-electron chi connectivity index (χ4n) is 1.80. The Morgan fingerprint density at radius 3 is 3.36 bits per heavy atom. The van der Waals surface area contributed by atoms with Gasteiger partial charge in [0, 0.05) is 25.9 Å². The van der Waals surface area contributed by atoms with Gasteiger partial charge in [0.05, 0.1) is 18.1 Å². The maximum atomic E-state index is 5.56. The summed E-state index contributed by atoms with van der Waals surface area (Å²) in [5, 5.41) is 3.08. The van der Waals surface area contributed by atoms with E-state index in [1.54, 1.807) is 0 Å². The van der Waals surface area contributed by atoms with Crippen LogP contribution < -0.4 is 5.32 Å². The van der Waals surface area contributed by atoms with Crippen LogP contribution in [0.4, 0.5) is 0 Å². The van der Waals surface area contributed by atoms with Crippen LogP contribution in [0.3, 0.4) is 0 Å². The van der Waals surface area contributed by atoms with Gasteiger partial charge >= 0.3 is 0 Å². The predicted molar refractivity (Wildman–Crippen MR) is 54.0 cm³/mol. The molecular weight excluding hydrogens is 178 g/mol. The molecule has 78 valence electrons. The molecule has 0 spiro atoms. The van der Waals surface area contributed by atoms with Crippen LogP contribution in [0.25, 0.3) is 0 Å². The van der Waals surface area contributed by atoms with E-state index in [1.165, 1.54) is 12.8 Å². The monoisotopic (exact) mass is 195 g/mol. The Morgan fingerprint density at radius 1 is 1.71 bits per heavy atom. The molecule has 1 aromatic rings. The summed E-state index contributed by atoms with van der Waals surface area (Å²) in [4.78, 5) is 4.29. The molecule has 2 heterocycles. The Morgan fingerprint density at radius 2 is 2.64 bits per heavy atom. The summed E-state index contributed by atoms with van der Waals surface area (Å²) in [6.45, 7) is 2.69. The largest absolute Gasteiger partial charge is 0.376 e. The standard InChI is InChI=1S/C10H17N3O/c1-11-5-9-6-13(8-12-9)7-10-3-2-4-14-10/h6,8,10-11H,2-5,7H2,1H3. The Hall–Kier alpha value is -0.870. The van der Waals surface area contributed by atoms with Crippen molar-refractivity contribution < 1.29 is 4.74 Å². The van der Waals surface area contributed by atoms with Crippen molar-refractivity contribution >= 4 is 0 Å². The smallest absolute Gasteiger partial charge is 0.0950 e. The second-order valence-corrected chi connectivity index (χ2v) is 3.73. The van der Waals surface area contributed by atoms with Crippen molar-refractivity contribution in [3.05, 3.63) is 18.2 Å². The van der Waals surface area contributed by atoms with Gasteiger partial charge < -0.3 is 14.6 Å². The fraction of sp³-hybridized carbons (Fsp3) is 0.700. The maximum Gasteiger partial charge on any atom is 0.0950 e. The summed E-state index contributed by atoms with van der Waals surface area (Å²) in [5.74, 6) is 0. The highest BCUT2D eigenvalue weighted by Gasteiger charge is 2.15. The summed E-state index contributed by atoms with van der Waals surface area (Å²) in [7, 11) is 1.93. The number of ether oxygens (including phenoxy) is 1. The molecular formula is C10H17N3O. The Bertz CT molecular complexity index is 279. The lowest BCUT2D eigenvalue weighted by Gasteiger charge is -2.08. The van der Waals surface area contributed by atoms with Crippen LogP contribution in [0.2, 0.25) is 0 Å². The third-order valence-corrected chi connectivity index (χ3v) is 2.48. The lowest BCUT2D eigenvalue weighted by Crippen LogP contribution is -2.13. The van der Waals surface area contributed by atoms with E-state index in [1.807, 2.05) is 13.4 Å². The second-order valence-electron chi connectivity index (χ2n) is 3.73. The number of hydrogen-bond acceptors (Lipinski definition) is 3. The van der Waals surface area contributed by atoms with Gasteiger partial charge in [-0.2, -0.15) is 0 Å². The highest BCUT2D eigenvalue weighted by molar-refractivity contribution is 4.96. The van der Waals surface area contributed by atoms with Crippen LogP contribution >= 0.6 is 0 Å². The van der Waals surface area contributed by atoms with Gasteiger partial charge in [-0.15, -0.1) is 0 Å². The van der Waals surface area contributed by atoms with E-state index >= 15 is 0 Å². The van der Waals surface area contributed by atoms with E-state index in [0.29, 0.717) is 6.10 Å². The van der Waals surface area contributed by atoms with Crippen molar-refractivity contribution in [2.75, 3.05) is 13.7 Å². The molecule has 1 N–H and O–H groups in total. The van der Waals surface area contributed by atoms with E-state index in [9.17, 15) is 0 Å². The third-order valence-electron chi connectivity index (χ3n) is 2.48. The van der Waals surface area contributed by atoms with Crippen molar-refractivity contribution in [1.29, 1.82) is 0 Å². The number of imidazole rings is 1. The quantitative estimate of drug-likeness (QED) is 0.771. The first-order chi connectivity index (χ1) is 6.88. The zero-order valence-electron chi connectivity index (χ0n) is 8.57. The summed E-state index contributed by atoms with van der Waals surface area (Å²) in [6.07, 6.45) is 6.74. The predicted octanol–water partition coefficient (Wildman–Crippen LogP) is 0.781. The normalized spacial score (nSPS) is 21.6. The van der Waals surface area contributed by atoms with Gasteiger partial charge in [0.25, 0.3) is 0 Å². The second kappa shape index (κ2) is 4.57. The number of nitrogens with one attached hydrogen (secondary N) is 1. The molecule has 0 saturated carbocycles. The topological polar surface area (TPSA) is 39.1 Å². The van der Waals surface area contributed by atoms with E-state index in [4.69, 9.17) is 4.74 Å². The Labute approximate surface area is 84.3 Å². The highest BCUT2D eigenvalue weighted by atomic mass is 16.5. The third kappa shape index (κ3) is 2.33. The molecule has 14 heavy (non-hydrogen) atoms. The van der Waals surface area contributed by atoms with Crippen LogP contribution in [0.15, 0.2) is 12.5 Å². The number of nitrogens with zero attached hydrogens (tertiary/aromatic N) is 2. The molecule has 1 fully saturated rings. The van der Waals surface area contributed by atoms with Crippen molar-refractivity contribution in [1.82, 2.24) is 14.9 Å². The minimum atomic E-state index is 0.395. The first kappa shape index (κ1) is 9.68. The lowest BCUT2D eigenvalue weighted by atomic mass is 10.2. The lowest BCUT2D eigenvalue weighted by molar-refractivity contribution is 0.0970. The summed E-state index contributed by atoms with van der Waals surface area (Å²) in [6, 6.07) is 0. The maximum absolute atomic E-state index is 5.56. The van der Waals surface area contributed by atoms with Gasteiger partial charge in [0.2, 0.25) is 0 Å². The molecule has 1 unspecified atom stereocenters. The first-order valence-corrected chi connectivity index (χ1v) is 5.15. The molecule has 1 aliphatic heterocycles. The molecule has 2 rings (SSSR count). The molecule has 1 aliphatic rings. The molecule has 1 atom stereocenters. The van der Waals surface area contributed by atoms with E-state index < -0.39 is 0 Å². The molecule has 0 bridgehead atoms. The van der Waals surface area contributed by atoms with Crippen LogP contribution in [0.1, 0.15) is 18.5 Å². The molecule has 0 radical (unpaired) electrons. The van der Waals surface area contributed by atoms with Crippen LogP contribution in [0, 0.1) is 0 Å². The zero-order chi connectivity index (χ0) is 9.80. The molecule has 0 amide bonds. The van der Waals surface area contributed by atoms with Crippen molar-refractivity contribution in [3.63, 3.8) is 0 Å². The minimum Gasteiger partial charge on any atom is -0.376 e. The van der Waals surface area contributed by atoms with Crippen LogP contribution in [-0.4, -0.2) is 29.3 Å². The molecule has 0 aromatic carbocycles. The molecule has 0 aliphatic carbocycles. The first-order valence-electron chi connectivity index (χ1n) is 5.15. The Balaban J connectivity index is 1.88. The molecule has 1 aromatic heterocycles. The van der Waals surface area contributed by atoms with Crippen molar-refractivity contribution in [2.45, 2.75) is 32.0 Å². The number of rotatable bonds is 4. The van der Waals surface area contributed by atoms with Crippen molar-refractivity contribution in [2.24, 2.45) is 0 Å². The average molecular weight is 195 g/mol. The van der Waals surface area contributed by atoms with Gasteiger partial charge in [-0.25, -0.2) is 4.98 Å². The average Bonchev–Trinajstić information content (AvgIpc) is 2.79. The van der Waals surface area contributed by atoms with Gasteiger partial charge in [-0.05, 0) is 19.9 Å². The summed E-state index contributed by atoms with van der Waals surface area (Å²) in [5.41, 5.74) is 1.09. The van der Waals surface area contributed by atoms with Gasteiger partial charge in [-0.3, -0.25) is 0 Å². The van der Waals surface area contributed by atoms with E-state index in [2.05, 4.69) is 21.1 Å². The number of hydrogen-bond donors (Lipinski definition) is 1. The highest BCUT2D eigenvalue weighted by Crippen LogP contribution is 2.13. The van der Waals surface area contributed by atoms with E-state index in [0.717, 1.165) is 25.4 Å². The fourth-order valence-corrected chi connectivity index (χ4v) is 1.80. The van der Waals surface area contributed by atoms with Crippen LogP contribution in [0.5, 0.6) is 0 Å². The molecule has 4 nitrogen and oxygen atoms in total.